The van der Waals surface area contributed by atoms with E-state index in [0.29, 0.717) is 23.2 Å². The molecule has 1 unspecified atom stereocenters. The second kappa shape index (κ2) is 9.90. The number of aliphatic hydroxyl groups is 1. The van der Waals surface area contributed by atoms with Crippen LogP contribution >= 0.6 is 0 Å². The van der Waals surface area contributed by atoms with E-state index >= 15 is 0 Å². The summed E-state index contributed by atoms with van der Waals surface area (Å²) in [6, 6.07) is 23.0. The predicted molar refractivity (Wildman–Crippen MR) is 136 cm³/mol. The van der Waals surface area contributed by atoms with Gasteiger partial charge >= 0.3 is 5.69 Å². The van der Waals surface area contributed by atoms with E-state index in [-0.39, 0.29) is 18.6 Å². The lowest BCUT2D eigenvalue weighted by Gasteiger charge is -2.30. The number of benzene rings is 3. The van der Waals surface area contributed by atoms with Gasteiger partial charge in [0.2, 0.25) is 0 Å². The lowest BCUT2D eigenvalue weighted by atomic mass is 10.00. The Morgan fingerprint density at radius 2 is 1.69 bits per heavy atom. The smallest absolute Gasteiger partial charge is 0.331 e. The quantitative estimate of drug-likeness (QED) is 0.449. The Hall–Kier alpha value is -3.68. The van der Waals surface area contributed by atoms with Crippen molar-refractivity contribution in [1.82, 2.24) is 14.0 Å². The molecule has 7 heteroatoms. The molecule has 0 radical (unpaired) electrons. The fourth-order valence-corrected chi connectivity index (χ4v) is 4.91. The minimum absolute atomic E-state index is 0.0568. The summed E-state index contributed by atoms with van der Waals surface area (Å²) in [5, 5.41) is 11.4. The fraction of sp³-hybridized carbons (Fsp3) is 0.286. The van der Waals surface area contributed by atoms with E-state index in [1.165, 1.54) is 15.7 Å². The van der Waals surface area contributed by atoms with Crippen LogP contribution in [0.15, 0.2) is 82.4 Å². The molecule has 0 saturated heterocycles. The number of hydrogen-bond donors (Lipinski definition) is 1. The van der Waals surface area contributed by atoms with E-state index in [9.17, 15) is 14.7 Å². The van der Waals surface area contributed by atoms with Crippen molar-refractivity contribution in [2.45, 2.75) is 32.2 Å². The molecule has 180 valence electrons. The van der Waals surface area contributed by atoms with Crippen molar-refractivity contribution in [3.05, 3.63) is 110 Å². The monoisotopic (exact) mass is 471 g/mol. The third-order valence-electron chi connectivity index (χ3n) is 6.68. The van der Waals surface area contributed by atoms with Crippen LogP contribution in [0.3, 0.4) is 0 Å². The molecular weight excluding hydrogens is 442 g/mol. The van der Waals surface area contributed by atoms with Gasteiger partial charge in [0.15, 0.2) is 0 Å². The summed E-state index contributed by atoms with van der Waals surface area (Å²) < 4.78 is 8.08. The number of ether oxygens (including phenoxy) is 1. The summed E-state index contributed by atoms with van der Waals surface area (Å²) in [4.78, 5) is 28.9. The zero-order valence-corrected chi connectivity index (χ0v) is 19.8. The number of para-hydroxylation sites is 1. The number of methoxy groups -OCH3 is 1. The summed E-state index contributed by atoms with van der Waals surface area (Å²) in [5.74, 6) is 0.701. The molecule has 1 N–H and O–H groups in total. The van der Waals surface area contributed by atoms with Gasteiger partial charge in [0.1, 0.15) is 5.75 Å². The van der Waals surface area contributed by atoms with Gasteiger partial charge in [-0.2, -0.15) is 0 Å². The molecule has 4 aromatic rings. The first-order valence-electron chi connectivity index (χ1n) is 11.9. The lowest BCUT2D eigenvalue weighted by Crippen LogP contribution is -2.45. The summed E-state index contributed by atoms with van der Waals surface area (Å²) in [7, 11) is 1.60. The Bertz CT molecular complexity index is 1470. The van der Waals surface area contributed by atoms with Crippen molar-refractivity contribution in [2.24, 2.45) is 0 Å². The number of hydrogen-bond acceptors (Lipinski definition) is 5. The number of aromatic nitrogens is 2. The highest BCUT2D eigenvalue weighted by atomic mass is 16.5. The van der Waals surface area contributed by atoms with Crippen LogP contribution in [0.2, 0.25) is 0 Å². The second-order valence-electron chi connectivity index (χ2n) is 9.06. The van der Waals surface area contributed by atoms with E-state index in [0.717, 1.165) is 25.1 Å². The van der Waals surface area contributed by atoms with Gasteiger partial charge in [0.25, 0.3) is 5.56 Å². The maximum absolute atomic E-state index is 13.5. The Labute approximate surface area is 203 Å². The van der Waals surface area contributed by atoms with Crippen molar-refractivity contribution in [3.8, 4) is 5.75 Å². The summed E-state index contributed by atoms with van der Waals surface area (Å²) >= 11 is 0. The SMILES string of the molecule is COc1cccc(Cn2c(=O)n(CC(O)CN3CCc4ccccc4C3)c(=O)c3ccccc32)c1. The minimum atomic E-state index is -0.850. The van der Waals surface area contributed by atoms with Gasteiger partial charge in [0.05, 0.1) is 37.2 Å². The largest absolute Gasteiger partial charge is 0.497 e. The van der Waals surface area contributed by atoms with E-state index in [1.54, 1.807) is 29.9 Å². The van der Waals surface area contributed by atoms with E-state index in [2.05, 4.69) is 17.0 Å². The molecule has 1 aliphatic rings. The van der Waals surface area contributed by atoms with E-state index < -0.39 is 11.8 Å². The molecule has 0 spiro atoms. The van der Waals surface area contributed by atoms with E-state index in [4.69, 9.17) is 4.74 Å². The minimum Gasteiger partial charge on any atom is -0.497 e. The van der Waals surface area contributed by atoms with Gasteiger partial charge < -0.3 is 9.84 Å². The zero-order valence-electron chi connectivity index (χ0n) is 19.8. The molecular formula is C28H29N3O4. The van der Waals surface area contributed by atoms with Crippen LogP contribution in [0, 0.1) is 0 Å². The Morgan fingerprint density at radius 3 is 2.51 bits per heavy atom. The molecule has 0 amide bonds. The molecule has 1 aliphatic heterocycles. The number of rotatable bonds is 7. The van der Waals surface area contributed by atoms with Crippen molar-refractivity contribution in [1.29, 1.82) is 0 Å². The molecule has 1 aromatic heterocycles. The Morgan fingerprint density at radius 1 is 0.914 bits per heavy atom. The topological polar surface area (TPSA) is 76.7 Å². The number of β-amino-alcohol motifs (C(OH)–C–C–N with tert-alkyl or cyclic N) is 1. The van der Waals surface area contributed by atoms with Crippen LogP contribution in [-0.4, -0.2) is 45.4 Å². The summed E-state index contributed by atoms with van der Waals surface area (Å²) in [6.07, 6.45) is 0.0729. The molecule has 5 rings (SSSR count). The molecule has 0 saturated carbocycles. The van der Waals surface area contributed by atoms with Crippen LogP contribution in [-0.2, 0) is 26.1 Å². The molecule has 0 bridgehead atoms. The first-order chi connectivity index (χ1) is 17.0. The summed E-state index contributed by atoms with van der Waals surface area (Å²) in [5.41, 5.74) is 3.24. The van der Waals surface area contributed by atoms with Crippen molar-refractivity contribution in [3.63, 3.8) is 0 Å². The van der Waals surface area contributed by atoms with Gasteiger partial charge in [-0.1, -0.05) is 48.5 Å². The third-order valence-corrected chi connectivity index (χ3v) is 6.68. The standard InChI is InChI=1S/C28H29N3O4/c1-35-24-10-6-7-20(15-24)16-30-26-12-5-4-11-25(26)27(33)31(28(30)34)19-23(32)18-29-14-13-21-8-2-3-9-22(21)17-29/h2-12,15,23,32H,13-14,16-19H2,1H3. The lowest BCUT2D eigenvalue weighted by molar-refractivity contribution is 0.0897. The normalized spacial score (nSPS) is 14.6. The maximum Gasteiger partial charge on any atom is 0.331 e. The molecule has 2 heterocycles. The molecule has 35 heavy (non-hydrogen) atoms. The zero-order chi connectivity index (χ0) is 24.4. The van der Waals surface area contributed by atoms with Gasteiger partial charge in [-0.15, -0.1) is 0 Å². The van der Waals surface area contributed by atoms with Gasteiger partial charge in [-0.3, -0.25) is 18.8 Å². The highest BCUT2D eigenvalue weighted by Crippen LogP contribution is 2.19. The molecule has 1 atom stereocenters. The molecule has 3 aromatic carbocycles. The Kier molecular flexibility index (Phi) is 6.53. The predicted octanol–water partition coefficient (Wildman–Crippen LogP) is 2.64. The molecule has 0 aliphatic carbocycles. The van der Waals surface area contributed by atoms with Crippen LogP contribution in [0.25, 0.3) is 10.9 Å². The average molecular weight is 472 g/mol. The van der Waals surface area contributed by atoms with E-state index in [1.807, 2.05) is 42.5 Å². The van der Waals surface area contributed by atoms with Gasteiger partial charge in [-0.05, 0) is 47.4 Å². The highest BCUT2D eigenvalue weighted by Gasteiger charge is 2.21. The van der Waals surface area contributed by atoms with Crippen LogP contribution < -0.4 is 16.0 Å². The molecule has 0 fully saturated rings. The van der Waals surface area contributed by atoms with Gasteiger partial charge in [-0.25, -0.2) is 4.79 Å². The van der Waals surface area contributed by atoms with Crippen molar-refractivity contribution < 1.29 is 9.84 Å². The number of fused-ring (bicyclic) bond motifs is 2. The maximum atomic E-state index is 13.5. The van der Waals surface area contributed by atoms with Crippen LogP contribution in [0.5, 0.6) is 5.75 Å². The average Bonchev–Trinajstić information content (AvgIpc) is 2.89. The fourth-order valence-electron chi connectivity index (χ4n) is 4.91. The first-order valence-corrected chi connectivity index (χ1v) is 11.9. The third kappa shape index (κ3) is 4.78. The van der Waals surface area contributed by atoms with Gasteiger partial charge in [0, 0.05) is 19.6 Å². The van der Waals surface area contributed by atoms with Crippen molar-refractivity contribution >= 4 is 10.9 Å². The summed E-state index contributed by atoms with van der Waals surface area (Å²) in [6.45, 7) is 2.21. The number of nitrogens with zero attached hydrogens (tertiary/aromatic N) is 3. The first kappa shape index (κ1) is 23.1. The number of aliphatic hydroxyl groups excluding tert-OH is 1. The highest BCUT2D eigenvalue weighted by molar-refractivity contribution is 5.77. The molecule has 7 nitrogen and oxygen atoms in total. The van der Waals surface area contributed by atoms with Crippen LogP contribution in [0.1, 0.15) is 16.7 Å². The Balaban J connectivity index is 1.44. The second-order valence-corrected chi connectivity index (χ2v) is 9.06. The van der Waals surface area contributed by atoms with Crippen molar-refractivity contribution in [2.75, 3.05) is 20.2 Å². The van der Waals surface area contributed by atoms with Crippen LogP contribution in [0.4, 0.5) is 0 Å².